The molecule has 0 aliphatic carbocycles. The molecule has 4 rings (SSSR count). The van der Waals surface area contributed by atoms with Gasteiger partial charge in [-0.1, -0.05) is 35.3 Å². The summed E-state index contributed by atoms with van der Waals surface area (Å²) in [5, 5.41) is 1.97. The third-order valence-electron chi connectivity index (χ3n) is 4.83. The van der Waals surface area contributed by atoms with Gasteiger partial charge >= 0.3 is 0 Å². The van der Waals surface area contributed by atoms with E-state index >= 15 is 0 Å². The molecule has 0 N–H and O–H groups in total. The first-order valence-corrected chi connectivity index (χ1v) is 9.20. The SMILES string of the molecule is Cn1ccc2c(C(=O)N3CCO[C@@H](c4ccc(Cl)c(Cl)c4)C3)cccc21. The first-order valence-electron chi connectivity index (χ1n) is 8.44. The third kappa shape index (κ3) is 3.09. The van der Waals surface area contributed by atoms with E-state index in [1.165, 1.54) is 0 Å². The Morgan fingerprint density at radius 1 is 1.15 bits per heavy atom. The molecule has 1 fully saturated rings. The highest BCUT2D eigenvalue weighted by Gasteiger charge is 2.27. The summed E-state index contributed by atoms with van der Waals surface area (Å²) in [6.07, 6.45) is 1.76. The van der Waals surface area contributed by atoms with E-state index in [-0.39, 0.29) is 12.0 Å². The zero-order chi connectivity index (χ0) is 18.3. The van der Waals surface area contributed by atoms with Crippen LogP contribution in [0.15, 0.2) is 48.7 Å². The van der Waals surface area contributed by atoms with E-state index in [2.05, 4.69) is 0 Å². The van der Waals surface area contributed by atoms with Crippen molar-refractivity contribution in [3.05, 3.63) is 69.8 Å². The summed E-state index contributed by atoms with van der Waals surface area (Å²) in [6, 6.07) is 13.3. The summed E-state index contributed by atoms with van der Waals surface area (Å²) in [6.45, 7) is 1.54. The van der Waals surface area contributed by atoms with Gasteiger partial charge in [-0.2, -0.15) is 0 Å². The van der Waals surface area contributed by atoms with Gasteiger partial charge in [-0.3, -0.25) is 4.79 Å². The molecule has 0 bridgehead atoms. The van der Waals surface area contributed by atoms with Crippen molar-refractivity contribution >= 4 is 40.0 Å². The lowest BCUT2D eigenvalue weighted by atomic mass is 10.1. The van der Waals surface area contributed by atoms with Crippen LogP contribution in [-0.2, 0) is 11.8 Å². The van der Waals surface area contributed by atoms with Crippen molar-refractivity contribution < 1.29 is 9.53 Å². The lowest BCUT2D eigenvalue weighted by Crippen LogP contribution is -2.42. The zero-order valence-electron chi connectivity index (χ0n) is 14.3. The molecule has 0 spiro atoms. The van der Waals surface area contributed by atoms with Gasteiger partial charge in [0, 0.05) is 36.3 Å². The molecule has 2 heterocycles. The van der Waals surface area contributed by atoms with Crippen LogP contribution < -0.4 is 0 Å². The molecule has 26 heavy (non-hydrogen) atoms. The molecule has 1 saturated heterocycles. The van der Waals surface area contributed by atoms with Crippen molar-refractivity contribution in [2.75, 3.05) is 19.7 Å². The number of rotatable bonds is 2. The number of carbonyl (C=O) groups is 1. The number of nitrogens with zero attached hydrogens (tertiary/aromatic N) is 2. The molecular weight excluding hydrogens is 371 g/mol. The fourth-order valence-corrected chi connectivity index (χ4v) is 3.71. The molecule has 3 aromatic rings. The van der Waals surface area contributed by atoms with Crippen LogP contribution in [0.25, 0.3) is 10.9 Å². The number of hydrogen-bond donors (Lipinski definition) is 0. The smallest absolute Gasteiger partial charge is 0.254 e. The van der Waals surface area contributed by atoms with Crippen LogP contribution in [-0.4, -0.2) is 35.1 Å². The Morgan fingerprint density at radius 3 is 2.81 bits per heavy atom. The van der Waals surface area contributed by atoms with Crippen LogP contribution in [0.4, 0.5) is 0 Å². The Bertz CT molecular complexity index is 983. The quantitative estimate of drug-likeness (QED) is 0.637. The Morgan fingerprint density at radius 2 is 2.00 bits per heavy atom. The van der Waals surface area contributed by atoms with Crippen molar-refractivity contribution in [1.29, 1.82) is 0 Å². The highest BCUT2D eigenvalue weighted by molar-refractivity contribution is 6.42. The number of amides is 1. The number of halogens is 2. The Labute approximate surface area is 161 Å². The fraction of sp³-hybridized carbons (Fsp3) is 0.250. The maximum absolute atomic E-state index is 13.1. The van der Waals surface area contributed by atoms with E-state index in [0.717, 1.165) is 22.0 Å². The number of aryl methyl sites for hydroxylation is 1. The molecule has 6 heteroatoms. The number of ether oxygens (including phenoxy) is 1. The van der Waals surface area contributed by atoms with Crippen molar-refractivity contribution in [3.63, 3.8) is 0 Å². The highest BCUT2D eigenvalue weighted by atomic mass is 35.5. The lowest BCUT2D eigenvalue weighted by molar-refractivity contribution is -0.0227. The fourth-order valence-electron chi connectivity index (χ4n) is 3.41. The van der Waals surface area contributed by atoms with Crippen LogP contribution in [0.5, 0.6) is 0 Å². The average molecular weight is 389 g/mol. The van der Waals surface area contributed by atoms with E-state index in [1.807, 2.05) is 53.0 Å². The summed E-state index contributed by atoms with van der Waals surface area (Å²) < 4.78 is 7.88. The van der Waals surface area contributed by atoms with Gasteiger partial charge in [0.25, 0.3) is 5.91 Å². The normalized spacial score (nSPS) is 17.7. The predicted octanol–water partition coefficient (Wildman–Crippen LogP) is 4.70. The Kier molecular flexibility index (Phi) is 4.65. The summed E-state index contributed by atoms with van der Waals surface area (Å²) in [4.78, 5) is 15.0. The Balaban J connectivity index is 1.61. The topological polar surface area (TPSA) is 34.5 Å². The molecule has 1 aliphatic rings. The molecule has 0 saturated carbocycles. The number of fused-ring (bicyclic) bond motifs is 1. The van der Waals surface area contributed by atoms with Crippen molar-refractivity contribution in [2.24, 2.45) is 7.05 Å². The number of benzene rings is 2. The Hall–Kier alpha value is -2.01. The van der Waals surface area contributed by atoms with Gasteiger partial charge in [0.2, 0.25) is 0 Å². The van der Waals surface area contributed by atoms with Gasteiger partial charge in [-0.25, -0.2) is 0 Å². The standard InChI is InChI=1S/C20H18Cl2N2O2/c1-23-8-7-14-15(3-2-4-18(14)23)20(25)24-9-10-26-19(12-24)13-5-6-16(21)17(22)11-13/h2-8,11,19H,9-10,12H2,1H3/t19-/m1/s1. The van der Waals surface area contributed by atoms with Crippen molar-refractivity contribution in [2.45, 2.75) is 6.10 Å². The lowest BCUT2D eigenvalue weighted by Gasteiger charge is -2.33. The number of morpholine rings is 1. The minimum Gasteiger partial charge on any atom is -0.370 e. The molecule has 134 valence electrons. The van der Waals surface area contributed by atoms with Gasteiger partial charge < -0.3 is 14.2 Å². The first-order chi connectivity index (χ1) is 12.5. The van der Waals surface area contributed by atoms with E-state index in [9.17, 15) is 4.79 Å². The molecule has 0 radical (unpaired) electrons. The van der Waals surface area contributed by atoms with E-state index in [1.54, 1.807) is 12.1 Å². The molecule has 0 unspecified atom stereocenters. The first kappa shape index (κ1) is 17.4. The summed E-state index contributed by atoms with van der Waals surface area (Å²) in [5.41, 5.74) is 2.69. The summed E-state index contributed by atoms with van der Waals surface area (Å²) >= 11 is 12.1. The zero-order valence-corrected chi connectivity index (χ0v) is 15.8. The molecule has 4 nitrogen and oxygen atoms in total. The average Bonchev–Trinajstić information content (AvgIpc) is 3.05. The summed E-state index contributed by atoms with van der Waals surface area (Å²) in [7, 11) is 1.98. The second-order valence-corrected chi connectivity index (χ2v) is 7.26. The number of aromatic nitrogens is 1. The third-order valence-corrected chi connectivity index (χ3v) is 5.57. The highest BCUT2D eigenvalue weighted by Crippen LogP contribution is 2.30. The van der Waals surface area contributed by atoms with E-state index in [4.69, 9.17) is 27.9 Å². The van der Waals surface area contributed by atoms with E-state index < -0.39 is 0 Å². The maximum Gasteiger partial charge on any atom is 0.254 e. The number of hydrogen-bond acceptors (Lipinski definition) is 2. The monoisotopic (exact) mass is 388 g/mol. The second kappa shape index (κ2) is 6.95. The van der Waals surface area contributed by atoms with Gasteiger partial charge in [0.1, 0.15) is 6.10 Å². The maximum atomic E-state index is 13.1. The van der Waals surface area contributed by atoms with Gasteiger partial charge in [0.15, 0.2) is 0 Å². The van der Waals surface area contributed by atoms with Crippen LogP contribution in [0.2, 0.25) is 10.0 Å². The van der Waals surface area contributed by atoms with Crippen LogP contribution in [0, 0.1) is 0 Å². The molecular formula is C20H18Cl2N2O2. The summed E-state index contributed by atoms with van der Waals surface area (Å²) in [5.74, 6) is 0.0233. The van der Waals surface area contributed by atoms with Gasteiger partial charge in [-0.05, 0) is 35.9 Å². The van der Waals surface area contributed by atoms with Crippen molar-refractivity contribution in [1.82, 2.24) is 9.47 Å². The molecule has 1 atom stereocenters. The van der Waals surface area contributed by atoms with Gasteiger partial charge in [-0.15, -0.1) is 0 Å². The van der Waals surface area contributed by atoms with Crippen LogP contribution in [0.1, 0.15) is 22.0 Å². The second-order valence-electron chi connectivity index (χ2n) is 6.45. The van der Waals surface area contributed by atoms with Gasteiger partial charge in [0.05, 0.1) is 23.2 Å². The van der Waals surface area contributed by atoms with Crippen LogP contribution in [0.3, 0.4) is 0 Å². The largest absolute Gasteiger partial charge is 0.370 e. The molecule has 2 aromatic carbocycles. The van der Waals surface area contributed by atoms with E-state index in [0.29, 0.717) is 29.7 Å². The minimum atomic E-state index is -0.211. The predicted molar refractivity (Wildman–Crippen MR) is 104 cm³/mol. The number of carbonyl (C=O) groups excluding carboxylic acids is 1. The molecule has 1 amide bonds. The van der Waals surface area contributed by atoms with Crippen molar-refractivity contribution in [3.8, 4) is 0 Å². The van der Waals surface area contributed by atoms with Crippen LogP contribution >= 0.6 is 23.2 Å². The molecule has 1 aliphatic heterocycles. The molecule has 1 aromatic heterocycles. The minimum absolute atomic E-state index is 0.0233.